The van der Waals surface area contributed by atoms with E-state index in [1.807, 2.05) is 18.7 Å². The number of halogens is 3. The Hall–Kier alpha value is -3.17. The van der Waals surface area contributed by atoms with Crippen molar-refractivity contribution in [3.63, 3.8) is 0 Å². The highest BCUT2D eigenvalue weighted by Crippen LogP contribution is 2.30. The number of rotatable bonds is 5. The molecule has 1 aliphatic rings. The van der Waals surface area contributed by atoms with Crippen molar-refractivity contribution in [1.29, 1.82) is 0 Å². The maximum atomic E-state index is 12.7. The van der Waals surface area contributed by atoms with Crippen molar-refractivity contribution in [3.05, 3.63) is 47.7 Å². The van der Waals surface area contributed by atoms with E-state index in [9.17, 15) is 18.0 Å². The Morgan fingerprint density at radius 2 is 1.76 bits per heavy atom. The quantitative estimate of drug-likeness (QED) is 0.604. The van der Waals surface area contributed by atoms with Crippen molar-refractivity contribution >= 4 is 23.6 Å². The van der Waals surface area contributed by atoms with Gasteiger partial charge in [-0.2, -0.15) is 13.2 Å². The number of carbonyl (C=O) groups is 1. The van der Waals surface area contributed by atoms with Gasteiger partial charge < -0.3 is 15.1 Å². The summed E-state index contributed by atoms with van der Waals surface area (Å²) >= 11 is 0. The molecule has 154 valence electrons. The number of hydrogen-bond acceptors (Lipinski definition) is 7. The average Bonchev–Trinajstić information content (AvgIpc) is 2.69. The number of piperazine rings is 1. The molecule has 29 heavy (non-hydrogen) atoms. The molecule has 0 unspecified atom stereocenters. The number of pyridine rings is 1. The minimum absolute atomic E-state index is 0.393. The van der Waals surface area contributed by atoms with Crippen LogP contribution in [0, 0.1) is 13.8 Å². The van der Waals surface area contributed by atoms with E-state index in [2.05, 4.69) is 25.2 Å². The van der Waals surface area contributed by atoms with Crippen LogP contribution in [0.2, 0.25) is 0 Å². The summed E-state index contributed by atoms with van der Waals surface area (Å²) in [5.74, 6) is 1.10. The first-order valence-electron chi connectivity index (χ1n) is 9.04. The van der Waals surface area contributed by atoms with Crippen LogP contribution in [-0.4, -0.2) is 52.3 Å². The topological polar surface area (TPSA) is 74.2 Å². The summed E-state index contributed by atoms with van der Waals surface area (Å²) in [7, 11) is 0. The second kappa shape index (κ2) is 8.46. The van der Waals surface area contributed by atoms with Crippen LogP contribution in [0.4, 0.5) is 30.5 Å². The molecule has 0 atom stereocenters. The number of nitrogens with zero attached hydrogens (tertiary/aromatic N) is 5. The third-order valence-corrected chi connectivity index (χ3v) is 4.59. The minimum atomic E-state index is -4.48. The molecular formula is C19H21F3N6O. The summed E-state index contributed by atoms with van der Waals surface area (Å²) in [6.45, 7) is 6.43. The number of anilines is 3. The lowest BCUT2D eigenvalue weighted by molar-refractivity contribution is -0.141. The standard InChI is InChI=1S/C19H21F3N6O/c1-13-14(2)25-18(28-9-7-27(8-10-28)6-3-11-29)17(24-13)26-15-4-5-16(23-12-15)19(20,21)22/h3-6,11-12H,7-10H2,1-2H3,(H,24,26). The Balaban J connectivity index is 1.81. The van der Waals surface area contributed by atoms with Gasteiger partial charge in [-0.15, -0.1) is 0 Å². The molecule has 0 radical (unpaired) electrons. The molecule has 1 N–H and O–H groups in total. The van der Waals surface area contributed by atoms with Crippen molar-refractivity contribution in [3.8, 4) is 0 Å². The number of carbonyl (C=O) groups excluding carboxylic acids is 1. The van der Waals surface area contributed by atoms with Gasteiger partial charge in [-0.3, -0.25) is 4.79 Å². The lowest BCUT2D eigenvalue weighted by Gasteiger charge is -2.35. The average molecular weight is 406 g/mol. The van der Waals surface area contributed by atoms with E-state index >= 15 is 0 Å². The van der Waals surface area contributed by atoms with E-state index < -0.39 is 11.9 Å². The van der Waals surface area contributed by atoms with E-state index in [-0.39, 0.29) is 0 Å². The van der Waals surface area contributed by atoms with Crippen LogP contribution in [0.15, 0.2) is 30.6 Å². The highest BCUT2D eigenvalue weighted by atomic mass is 19.4. The Bertz CT molecular complexity index is 890. The first kappa shape index (κ1) is 20.6. The van der Waals surface area contributed by atoms with Gasteiger partial charge >= 0.3 is 6.18 Å². The first-order valence-corrected chi connectivity index (χ1v) is 9.04. The van der Waals surface area contributed by atoms with Crippen molar-refractivity contribution in [2.24, 2.45) is 0 Å². The lowest BCUT2D eigenvalue weighted by atomic mass is 10.3. The zero-order valence-electron chi connectivity index (χ0n) is 16.1. The molecule has 3 rings (SSSR count). The molecule has 0 bridgehead atoms. The monoisotopic (exact) mass is 406 g/mol. The van der Waals surface area contributed by atoms with Gasteiger partial charge in [0.15, 0.2) is 11.6 Å². The molecule has 2 aromatic heterocycles. The Morgan fingerprint density at radius 3 is 2.34 bits per heavy atom. The van der Waals surface area contributed by atoms with Gasteiger partial charge in [0, 0.05) is 32.4 Å². The summed E-state index contributed by atoms with van der Waals surface area (Å²) in [6.07, 6.45) is 0.592. The van der Waals surface area contributed by atoms with Crippen molar-refractivity contribution in [2.75, 3.05) is 36.4 Å². The number of allylic oxidation sites excluding steroid dienone is 1. The van der Waals surface area contributed by atoms with Gasteiger partial charge in [-0.25, -0.2) is 15.0 Å². The Kier molecular flexibility index (Phi) is 6.00. The van der Waals surface area contributed by atoms with Crippen LogP contribution in [0.1, 0.15) is 17.1 Å². The van der Waals surface area contributed by atoms with E-state index in [1.165, 1.54) is 12.1 Å². The number of aryl methyl sites for hydroxylation is 2. The number of aromatic nitrogens is 3. The fourth-order valence-corrected chi connectivity index (χ4v) is 2.91. The summed E-state index contributed by atoms with van der Waals surface area (Å²) < 4.78 is 38.2. The van der Waals surface area contributed by atoms with Crippen LogP contribution in [0.25, 0.3) is 0 Å². The van der Waals surface area contributed by atoms with E-state index in [0.717, 1.165) is 29.9 Å². The molecule has 1 fully saturated rings. The van der Waals surface area contributed by atoms with Crippen LogP contribution in [0.5, 0.6) is 0 Å². The van der Waals surface area contributed by atoms with Crippen molar-refractivity contribution in [1.82, 2.24) is 19.9 Å². The van der Waals surface area contributed by atoms with Crippen LogP contribution in [-0.2, 0) is 11.0 Å². The molecular weight excluding hydrogens is 385 g/mol. The van der Waals surface area contributed by atoms with Crippen LogP contribution < -0.4 is 10.2 Å². The highest BCUT2D eigenvalue weighted by Gasteiger charge is 2.32. The molecule has 0 saturated carbocycles. The van der Waals surface area contributed by atoms with Gasteiger partial charge in [0.1, 0.15) is 12.0 Å². The number of nitrogens with one attached hydrogen (secondary N) is 1. The molecule has 1 saturated heterocycles. The Morgan fingerprint density at radius 1 is 1.07 bits per heavy atom. The van der Waals surface area contributed by atoms with Gasteiger partial charge in [-0.1, -0.05) is 0 Å². The number of alkyl halides is 3. The molecule has 2 aromatic rings. The smallest absolute Gasteiger partial charge is 0.374 e. The fourth-order valence-electron chi connectivity index (χ4n) is 2.91. The van der Waals surface area contributed by atoms with Gasteiger partial charge in [0.05, 0.1) is 23.3 Å². The van der Waals surface area contributed by atoms with E-state index in [0.29, 0.717) is 43.5 Å². The number of hydrogen-bond donors (Lipinski definition) is 1. The molecule has 7 nitrogen and oxygen atoms in total. The maximum Gasteiger partial charge on any atom is 0.433 e. The van der Waals surface area contributed by atoms with E-state index in [1.54, 1.807) is 6.20 Å². The van der Waals surface area contributed by atoms with Crippen molar-refractivity contribution in [2.45, 2.75) is 20.0 Å². The Labute approximate surface area is 166 Å². The van der Waals surface area contributed by atoms with Crippen molar-refractivity contribution < 1.29 is 18.0 Å². The molecule has 0 aromatic carbocycles. The summed E-state index contributed by atoms with van der Waals surface area (Å²) in [6, 6.07) is 2.24. The highest BCUT2D eigenvalue weighted by molar-refractivity contribution is 5.69. The number of aldehydes is 1. The van der Waals surface area contributed by atoms with Gasteiger partial charge in [0.2, 0.25) is 0 Å². The van der Waals surface area contributed by atoms with Gasteiger partial charge in [-0.05, 0) is 32.1 Å². The zero-order chi connectivity index (χ0) is 21.0. The molecule has 0 amide bonds. The fraction of sp³-hybridized carbons (Fsp3) is 0.368. The summed E-state index contributed by atoms with van der Waals surface area (Å²) in [4.78, 5) is 27.2. The third kappa shape index (κ3) is 5.01. The molecule has 0 spiro atoms. The third-order valence-electron chi connectivity index (χ3n) is 4.59. The summed E-state index contributed by atoms with van der Waals surface area (Å²) in [5.41, 5.74) is 0.946. The largest absolute Gasteiger partial charge is 0.433 e. The van der Waals surface area contributed by atoms with Crippen LogP contribution >= 0.6 is 0 Å². The van der Waals surface area contributed by atoms with E-state index in [4.69, 9.17) is 0 Å². The minimum Gasteiger partial charge on any atom is -0.374 e. The predicted molar refractivity (Wildman–Crippen MR) is 103 cm³/mol. The SMILES string of the molecule is Cc1nc(Nc2ccc(C(F)(F)F)nc2)c(N2CCN(C=CC=O)CC2)nc1C. The second-order valence-corrected chi connectivity index (χ2v) is 6.62. The second-order valence-electron chi connectivity index (χ2n) is 6.62. The maximum absolute atomic E-state index is 12.7. The molecule has 10 heteroatoms. The lowest BCUT2D eigenvalue weighted by Crippen LogP contribution is -2.44. The first-order chi connectivity index (χ1) is 13.8. The van der Waals surface area contributed by atoms with Gasteiger partial charge in [0.25, 0.3) is 0 Å². The molecule has 3 heterocycles. The predicted octanol–water partition coefficient (Wildman–Crippen LogP) is 3.09. The molecule has 1 aliphatic heterocycles. The normalized spacial score (nSPS) is 15.1. The summed E-state index contributed by atoms with van der Waals surface area (Å²) in [5, 5.41) is 3.04. The molecule has 0 aliphatic carbocycles. The zero-order valence-corrected chi connectivity index (χ0v) is 16.1. The van der Waals surface area contributed by atoms with Crippen LogP contribution in [0.3, 0.4) is 0 Å².